The zero-order valence-electron chi connectivity index (χ0n) is 18.6. The lowest BCUT2D eigenvalue weighted by Gasteiger charge is -2.16. The highest BCUT2D eigenvalue weighted by Gasteiger charge is 2.10. The highest BCUT2D eigenvalue weighted by molar-refractivity contribution is 6.30. The fraction of sp³-hybridized carbons (Fsp3) is 0.0667. The van der Waals surface area contributed by atoms with Crippen LogP contribution in [0.4, 0.5) is 5.69 Å². The monoisotopic (exact) mass is 465 g/mol. The van der Waals surface area contributed by atoms with Crippen LogP contribution in [0, 0.1) is 0 Å². The number of halogens is 1. The van der Waals surface area contributed by atoms with Gasteiger partial charge >= 0.3 is 0 Å². The summed E-state index contributed by atoms with van der Waals surface area (Å²) in [5.41, 5.74) is 3.16. The minimum absolute atomic E-state index is 0.456. The maximum atomic E-state index is 6.24. The van der Waals surface area contributed by atoms with Crippen LogP contribution in [0.1, 0.15) is 11.1 Å². The molecular formula is C30H24ClNO2. The molecule has 0 heterocycles. The highest BCUT2D eigenvalue weighted by Crippen LogP contribution is 2.30. The first-order valence-corrected chi connectivity index (χ1v) is 11.6. The molecule has 0 aromatic heterocycles. The van der Waals surface area contributed by atoms with Crippen LogP contribution in [0.25, 0.3) is 10.8 Å². The number of ether oxygens (including phenoxy) is 2. The van der Waals surface area contributed by atoms with E-state index in [-0.39, 0.29) is 0 Å². The zero-order chi connectivity index (χ0) is 23.2. The largest absolute Gasteiger partial charge is 0.489 e. The molecule has 5 aromatic carbocycles. The minimum Gasteiger partial charge on any atom is -0.489 e. The first kappa shape index (κ1) is 21.9. The summed E-state index contributed by atoms with van der Waals surface area (Å²) in [7, 11) is 0. The van der Waals surface area contributed by atoms with Crippen molar-refractivity contribution < 1.29 is 9.47 Å². The van der Waals surface area contributed by atoms with Gasteiger partial charge in [0.15, 0.2) is 0 Å². The second kappa shape index (κ2) is 10.3. The zero-order valence-corrected chi connectivity index (χ0v) is 19.3. The maximum Gasteiger partial charge on any atom is 0.127 e. The van der Waals surface area contributed by atoms with Crippen LogP contribution in [0.5, 0.6) is 17.2 Å². The Morgan fingerprint density at radius 3 is 2.26 bits per heavy atom. The third kappa shape index (κ3) is 5.33. The number of para-hydroxylation sites is 1. The molecule has 5 rings (SSSR count). The van der Waals surface area contributed by atoms with Crippen molar-refractivity contribution in [3.63, 3.8) is 0 Å². The fourth-order valence-electron chi connectivity index (χ4n) is 3.88. The summed E-state index contributed by atoms with van der Waals surface area (Å²) in [6, 6.07) is 38.0. The average Bonchev–Trinajstić information content (AvgIpc) is 2.88. The molecule has 0 amide bonds. The van der Waals surface area contributed by atoms with Gasteiger partial charge in [0.25, 0.3) is 0 Å². The van der Waals surface area contributed by atoms with Gasteiger partial charge < -0.3 is 14.8 Å². The molecule has 0 aliphatic carbocycles. The van der Waals surface area contributed by atoms with E-state index in [2.05, 4.69) is 35.6 Å². The molecule has 0 aliphatic heterocycles. The molecule has 168 valence electrons. The standard InChI is InChI=1S/C30H24ClNO2/c31-24-9-6-7-22(19-24)21-33-30-18-13-23-8-4-5-12-28(23)29(30)20-32-25-14-16-27(17-15-25)34-26-10-2-1-3-11-26/h1-19,32H,20-21H2. The van der Waals surface area contributed by atoms with Gasteiger partial charge in [-0.3, -0.25) is 0 Å². The fourth-order valence-corrected chi connectivity index (χ4v) is 4.09. The summed E-state index contributed by atoms with van der Waals surface area (Å²) in [5.74, 6) is 2.48. The van der Waals surface area contributed by atoms with E-state index in [9.17, 15) is 0 Å². The predicted molar refractivity (Wildman–Crippen MR) is 140 cm³/mol. The van der Waals surface area contributed by atoms with Crippen molar-refractivity contribution in [3.8, 4) is 17.2 Å². The Labute approximate surface area is 204 Å². The van der Waals surface area contributed by atoms with Crippen LogP contribution in [0.15, 0.2) is 115 Å². The van der Waals surface area contributed by atoms with Crippen LogP contribution in [-0.2, 0) is 13.2 Å². The Kier molecular flexibility index (Phi) is 6.64. The van der Waals surface area contributed by atoms with E-state index in [0.717, 1.165) is 34.1 Å². The van der Waals surface area contributed by atoms with Crippen molar-refractivity contribution in [3.05, 3.63) is 131 Å². The summed E-state index contributed by atoms with van der Waals surface area (Å²) >= 11 is 6.14. The summed E-state index contributed by atoms with van der Waals surface area (Å²) in [5, 5.41) is 6.60. The molecule has 4 heteroatoms. The quantitative estimate of drug-likeness (QED) is 0.249. The van der Waals surface area contributed by atoms with Crippen molar-refractivity contribution in [2.24, 2.45) is 0 Å². The van der Waals surface area contributed by atoms with E-state index in [4.69, 9.17) is 21.1 Å². The van der Waals surface area contributed by atoms with Crippen LogP contribution < -0.4 is 14.8 Å². The normalized spacial score (nSPS) is 10.7. The van der Waals surface area contributed by atoms with E-state index in [1.165, 1.54) is 10.8 Å². The van der Waals surface area contributed by atoms with Crippen LogP contribution in [0.3, 0.4) is 0 Å². The van der Waals surface area contributed by atoms with E-state index < -0.39 is 0 Å². The second-order valence-electron chi connectivity index (χ2n) is 7.98. The van der Waals surface area contributed by atoms with Gasteiger partial charge in [0, 0.05) is 22.8 Å². The minimum atomic E-state index is 0.456. The Morgan fingerprint density at radius 1 is 0.676 bits per heavy atom. The SMILES string of the molecule is Clc1cccc(COc2ccc3ccccc3c2CNc2ccc(Oc3ccccc3)cc2)c1. The highest BCUT2D eigenvalue weighted by atomic mass is 35.5. The molecule has 0 bridgehead atoms. The first-order valence-electron chi connectivity index (χ1n) is 11.2. The Balaban J connectivity index is 1.33. The third-order valence-corrected chi connectivity index (χ3v) is 5.82. The van der Waals surface area contributed by atoms with Gasteiger partial charge in [0.1, 0.15) is 23.9 Å². The molecule has 3 nitrogen and oxygen atoms in total. The molecular weight excluding hydrogens is 442 g/mol. The van der Waals surface area contributed by atoms with Gasteiger partial charge in [-0.15, -0.1) is 0 Å². The summed E-state index contributed by atoms with van der Waals surface area (Å²) in [4.78, 5) is 0. The van der Waals surface area contributed by atoms with Crippen molar-refractivity contribution in [2.75, 3.05) is 5.32 Å². The second-order valence-corrected chi connectivity index (χ2v) is 8.41. The lowest BCUT2D eigenvalue weighted by molar-refractivity contribution is 0.304. The predicted octanol–water partition coefficient (Wildman–Crippen LogP) is 8.48. The number of nitrogens with one attached hydrogen (secondary N) is 1. The maximum absolute atomic E-state index is 6.24. The summed E-state index contributed by atoms with van der Waals surface area (Å²) in [6.45, 7) is 1.09. The summed E-state index contributed by atoms with van der Waals surface area (Å²) < 4.78 is 12.1. The molecule has 0 radical (unpaired) electrons. The number of anilines is 1. The first-order chi connectivity index (χ1) is 16.7. The third-order valence-electron chi connectivity index (χ3n) is 5.58. The smallest absolute Gasteiger partial charge is 0.127 e. The number of benzene rings is 5. The van der Waals surface area contributed by atoms with Crippen LogP contribution in [-0.4, -0.2) is 0 Å². The molecule has 0 saturated carbocycles. The van der Waals surface area contributed by atoms with E-state index >= 15 is 0 Å². The average molecular weight is 466 g/mol. The molecule has 0 saturated heterocycles. The Morgan fingerprint density at radius 2 is 1.44 bits per heavy atom. The molecule has 5 aromatic rings. The van der Waals surface area contributed by atoms with Crippen LogP contribution >= 0.6 is 11.6 Å². The summed E-state index contributed by atoms with van der Waals surface area (Å²) in [6.07, 6.45) is 0. The van der Waals surface area contributed by atoms with Crippen molar-refractivity contribution in [1.82, 2.24) is 0 Å². The van der Waals surface area contributed by atoms with E-state index in [0.29, 0.717) is 18.2 Å². The molecule has 0 unspecified atom stereocenters. The molecule has 0 fully saturated rings. The van der Waals surface area contributed by atoms with Crippen LogP contribution in [0.2, 0.25) is 5.02 Å². The van der Waals surface area contributed by atoms with Gasteiger partial charge in [-0.1, -0.05) is 72.3 Å². The van der Waals surface area contributed by atoms with E-state index in [1.54, 1.807) is 0 Å². The topological polar surface area (TPSA) is 30.5 Å². The van der Waals surface area contributed by atoms with Crippen molar-refractivity contribution in [2.45, 2.75) is 13.2 Å². The van der Waals surface area contributed by atoms with Crippen molar-refractivity contribution >= 4 is 28.1 Å². The number of fused-ring (bicyclic) bond motifs is 1. The molecule has 0 aliphatic rings. The number of hydrogen-bond donors (Lipinski definition) is 1. The number of hydrogen-bond acceptors (Lipinski definition) is 3. The lowest BCUT2D eigenvalue weighted by Crippen LogP contribution is -2.04. The number of rotatable bonds is 8. The molecule has 0 spiro atoms. The van der Waals surface area contributed by atoms with Gasteiger partial charge in [0.05, 0.1) is 0 Å². The lowest BCUT2D eigenvalue weighted by atomic mass is 10.0. The van der Waals surface area contributed by atoms with Gasteiger partial charge in [-0.25, -0.2) is 0 Å². The van der Waals surface area contributed by atoms with Crippen molar-refractivity contribution in [1.29, 1.82) is 0 Å². The van der Waals surface area contributed by atoms with E-state index in [1.807, 2.05) is 84.9 Å². The molecule has 1 N–H and O–H groups in total. The molecule has 34 heavy (non-hydrogen) atoms. The Bertz CT molecular complexity index is 1380. The molecule has 0 atom stereocenters. The van der Waals surface area contributed by atoms with Gasteiger partial charge in [-0.05, 0) is 70.9 Å². The van der Waals surface area contributed by atoms with Gasteiger partial charge in [-0.2, -0.15) is 0 Å². The Hall–Kier alpha value is -3.95. The van der Waals surface area contributed by atoms with Gasteiger partial charge in [0.2, 0.25) is 0 Å².